The van der Waals surface area contributed by atoms with Crippen LogP contribution in [0.15, 0.2) is 18.3 Å². The zero-order chi connectivity index (χ0) is 11.4. The third kappa shape index (κ3) is 2.31. The maximum absolute atomic E-state index is 8.91. The lowest BCUT2D eigenvalue weighted by molar-refractivity contribution is 0.108. The maximum atomic E-state index is 8.91. The van der Waals surface area contributed by atoms with E-state index < -0.39 is 0 Å². The van der Waals surface area contributed by atoms with Crippen LogP contribution in [0.1, 0.15) is 25.0 Å². The lowest BCUT2D eigenvalue weighted by atomic mass is 10.2. The highest BCUT2D eigenvalue weighted by Gasteiger charge is 2.24. The Labute approximate surface area is 95.3 Å². The topological polar surface area (TPSA) is 57.9 Å². The molecule has 1 aliphatic rings. The number of methoxy groups -OCH3 is 1. The molecule has 84 valence electrons. The van der Waals surface area contributed by atoms with Gasteiger partial charge in [0.05, 0.1) is 11.8 Å². The van der Waals surface area contributed by atoms with Gasteiger partial charge in [-0.1, -0.05) is 0 Å². The number of ether oxygens (including phenoxy) is 1. The van der Waals surface area contributed by atoms with E-state index in [0.29, 0.717) is 17.8 Å². The molecule has 0 aliphatic heterocycles. The van der Waals surface area contributed by atoms with E-state index in [1.807, 2.05) is 12.1 Å². The Kier molecular flexibility index (Phi) is 3.37. The lowest BCUT2D eigenvalue weighted by Crippen LogP contribution is -2.18. The summed E-state index contributed by atoms with van der Waals surface area (Å²) >= 11 is 0. The number of nitrogens with one attached hydrogen (secondary N) is 1. The minimum atomic E-state index is 0.347. The van der Waals surface area contributed by atoms with Gasteiger partial charge in [-0.3, -0.25) is 0 Å². The number of hydrogen-bond donors (Lipinski definition) is 1. The fraction of sp³-hybridized carbons (Fsp3) is 0.500. The third-order valence-corrected chi connectivity index (χ3v) is 2.99. The minimum absolute atomic E-state index is 0.347. The molecule has 0 amide bonds. The average Bonchev–Trinajstić information content (AvgIpc) is 2.77. The molecule has 1 heterocycles. The molecule has 0 bridgehead atoms. The maximum Gasteiger partial charge on any atom is 0.163 e. The first-order valence-electron chi connectivity index (χ1n) is 5.48. The summed E-state index contributed by atoms with van der Waals surface area (Å²) in [7, 11) is 1.75. The third-order valence-electron chi connectivity index (χ3n) is 2.99. The van der Waals surface area contributed by atoms with Gasteiger partial charge in [0.15, 0.2) is 5.69 Å². The van der Waals surface area contributed by atoms with Gasteiger partial charge in [0, 0.05) is 19.3 Å². The molecule has 0 radical (unpaired) electrons. The SMILES string of the molecule is COC1CCC(Nc2cccnc2C#N)C1. The van der Waals surface area contributed by atoms with Gasteiger partial charge >= 0.3 is 0 Å². The van der Waals surface area contributed by atoms with Crippen molar-refractivity contribution in [2.75, 3.05) is 12.4 Å². The fourth-order valence-electron chi connectivity index (χ4n) is 2.12. The average molecular weight is 217 g/mol. The zero-order valence-corrected chi connectivity index (χ0v) is 9.31. The summed E-state index contributed by atoms with van der Waals surface area (Å²) in [5, 5.41) is 12.3. The summed E-state index contributed by atoms with van der Waals surface area (Å²) in [4.78, 5) is 4.02. The van der Waals surface area contributed by atoms with Crippen LogP contribution in [-0.2, 0) is 4.74 Å². The van der Waals surface area contributed by atoms with Crippen LogP contribution in [0.3, 0.4) is 0 Å². The molecule has 1 fully saturated rings. The predicted octanol–water partition coefficient (Wildman–Crippen LogP) is 1.93. The number of nitriles is 1. The van der Waals surface area contributed by atoms with Crippen LogP contribution in [0.25, 0.3) is 0 Å². The normalized spacial score (nSPS) is 24.0. The fourth-order valence-corrected chi connectivity index (χ4v) is 2.12. The Bertz CT molecular complexity index is 399. The number of nitrogens with zero attached hydrogens (tertiary/aromatic N) is 2. The number of aromatic nitrogens is 1. The molecule has 4 heteroatoms. The predicted molar refractivity (Wildman–Crippen MR) is 61.0 cm³/mol. The first kappa shape index (κ1) is 10.9. The molecule has 4 nitrogen and oxygen atoms in total. The van der Waals surface area contributed by atoms with E-state index in [-0.39, 0.29) is 0 Å². The smallest absolute Gasteiger partial charge is 0.163 e. The summed E-state index contributed by atoms with van der Waals surface area (Å²) < 4.78 is 5.32. The van der Waals surface area contributed by atoms with Crippen molar-refractivity contribution in [1.29, 1.82) is 5.26 Å². The number of rotatable bonds is 3. The largest absolute Gasteiger partial charge is 0.381 e. The highest BCUT2D eigenvalue weighted by molar-refractivity contribution is 5.53. The second kappa shape index (κ2) is 4.95. The molecule has 1 saturated carbocycles. The van der Waals surface area contributed by atoms with Gasteiger partial charge in [-0.15, -0.1) is 0 Å². The summed E-state index contributed by atoms with van der Waals surface area (Å²) in [6.45, 7) is 0. The molecular formula is C12H15N3O. The van der Waals surface area contributed by atoms with E-state index in [2.05, 4.69) is 16.4 Å². The van der Waals surface area contributed by atoms with Crippen LogP contribution in [-0.4, -0.2) is 24.2 Å². The van der Waals surface area contributed by atoms with Crippen LogP contribution in [0.5, 0.6) is 0 Å². The lowest BCUT2D eigenvalue weighted by Gasteiger charge is -2.14. The van der Waals surface area contributed by atoms with Crippen molar-refractivity contribution >= 4 is 5.69 Å². The van der Waals surface area contributed by atoms with Crippen molar-refractivity contribution in [3.05, 3.63) is 24.0 Å². The van der Waals surface area contributed by atoms with Crippen molar-refractivity contribution < 1.29 is 4.74 Å². The number of pyridine rings is 1. The minimum Gasteiger partial charge on any atom is -0.381 e. The van der Waals surface area contributed by atoms with Crippen molar-refractivity contribution in [1.82, 2.24) is 4.98 Å². The van der Waals surface area contributed by atoms with E-state index in [9.17, 15) is 0 Å². The summed E-state index contributed by atoms with van der Waals surface area (Å²) in [6, 6.07) is 6.21. The molecule has 0 aromatic carbocycles. The van der Waals surface area contributed by atoms with E-state index in [0.717, 1.165) is 24.9 Å². The van der Waals surface area contributed by atoms with Gasteiger partial charge < -0.3 is 10.1 Å². The molecule has 16 heavy (non-hydrogen) atoms. The highest BCUT2D eigenvalue weighted by atomic mass is 16.5. The Morgan fingerprint density at radius 3 is 3.12 bits per heavy atom. The zero-order valence-electron chi connectivity index (χ0n) is 9.31. The molecule has 0 spiro atoms. The highest BCUT2D eigenvalue weighted by Crippen LogP contribution is 2.25. The van der Waals surface area contributed by atoms with Crippen molar-refractivity contribution in [3.8, 4) is 6.07 Å². The van der Waals surface area contributed by atoms with Crippen LogP contribution >= 0.6 is 0 Å². The first-order chi connectivity index (χ1) is 7.83. The second-order valence-electron chi connectivity index (χ2n) is 4.02. The van der Waals surface area contributed by atoms with Crippen LogP contribution in [0.2, 0.25) is 0 Å². The van der Waals surface area contributed by atoms with Gasteiger partial charge in [-0.05, 0) is 31.4 Å². The van der Waals surface area contributed by atoms with Crippen molar-refractivity contribution in [2.45, 2.75) is 31.4 Å². The molecule has 2 unspecified atom stereocenters. The van der Waals surface area contributed by atoms with Gasteiger partial charge in [0.1, 0.15) is 6.07 Å². The molecule has 1 N–H and O–H groups in total. The number of anilines is 1. The molecule has 0 saturated heterocycles. The van der Waals surface area contributed by atoms with Crippen LogP contribution in [0, 0.1) is 11.3 Å². The van der Waals surface area contributed by atoms with E-state index >= 15 is 0 Å². The van der Waals surface area contributed by atoms with E-state index in [4.69, 9.17) is 10.00 Å². The first-order valence-corrected chi connectivity index (χ1v) is 5.48. The molecule has 2 rings (SSSR count). The quantitative estimate of drug-likeness (QED) is 0.840. The summed E-state index contributed by atoms with van der Waals surface area (Å²) in [5.74, 6) is 0. The summed E-state index contributed by atoms with van der Waals surface area (Å²) in [6.07, 6.45) is 5.14. The second-order valence-corrected chi connectivity index (χ2v) is 4.02. The van der Waals surface area contributed by atoms with Gasteiger partial charge in [0.2, 0.25) is 0 Å². The molecule has 2 atom stereocenters. The van der Waals surface area contributed by atoms with Crippen molar-refractivity contribution in [2.24, 2.45) is 0 Å². The molecule has 1 aromatic rings. The van der Waals surface area contributed by atoms with Crippen molar-refractivity contribution in [3.63, 3.8) is 0 Å². The van der Waals surface area contributed by atoms with E-state index in [1.54, 1.807) is 13.3 Å². The van der Waals surface area contributed by atoms with Gasteiger partial charge in [-0.25, -0.2) is 4.98 Å². The van der Waals surface area contributed by atoms with E-state index in [1.165, 1.54) is 0 Å². The Balaban J connectivity index is 2.02. The summed E-state index contributed by atoms with van der Waals surface area (Å²) in [5.41, 5.74) is 1.29. The Hall–Kier alpha value is -1.60. The number of hydrogen-bond acceptors (Lipinski definition) is 4. The molecule has 1 aromatic heterocycles. The standard InChI is InChI=1S/C12H15N3O/c1-16-10-5-4-9(7-10)15-11-3-2-6-14-12(11)8-13/h2-3,6,9-10,15H,4-5,7H2,1H3. The molecular weight excluding hydrogens is 202 g/mol. The Morgan fingerprint density at radius 2 is 2.44 bits per heavy atom. The van der Waals surface area contributed by atoms with Gasteiger partial charge in [0.25, 0.3) is 0 Å². The van der Waals surface area contributed by atoms with Crippen LogP contribution in [0.4, 0.5) is 5.69 Å². The van der Waals surface area contributed by atoms with Crippen LogP contribution < -0.4 is 5.32 Å². The Morgan fingerprint density at radius 1 is 1.56 bits per heavy atom. The molecule has 1 aliphatic carbocycles. The monoisotopic (exact) mass is 217 g/mol. The van der Waals surface area contributed by atoms with Gasteiger partial charge in [-0.2, -0.15) is 5.26 Å².